The Kier molecular flexibility index (Phi) is 6.94. The van der Waals surface area contributed by atoms with E-state index in [2.05, 4.69) is 5.48 Å². The molecule has 0 aromatic heterocycles. The molecular weight excluding hydrogens is 464 g/mol. The monoisotopic (exact) mass is 492 g/mol. The molecule has 2 aliphatic heterocycles. The van der Waals surface area contributed by atoms with Crippen LogP contribution < -0.4 is 10.2 Å². The lowest BCUT2D eigenvalue weighted by Crippen LogP contribution is -2.66. The molecule has 4 atom stereocenters. The van der Waals surface area contributed by atoms with Crippen LogP contribution in [0, 0.1) is 0 Å². The molecule has 2 saturated heterocycles. The lowest BCUT2D eigenvalue weighted by atomic mass is 9.95. The van der Waals surface area contributed by atoms with E-state index < -0.39 is 46.1 Å². The molecule has 4 rings (SSSR count). The second kappa shape index (κ2) is 9.61. The second-order valence-electron chi connectivity index (χ2n) is 8.56. The van der Waals surface area contributed by atoms with Gasteiger partial charge in [0.2, 0.25) is 10.0 Å². The summed E-state index contributed by atoms with van der Waals surface area (Å²) in [6.45, 7) is 3.21. The van der Waals surface area contributed by atoms with Crippen molar-refractivity contribution in [3.63, 3.8) is 0 Å². The van der Waals surface area contributed by atoms with Gasteiger partial charge in [0.05, 0.1) is 18.6 Å². The van der Waals surface area contributed by atoms with E-state index in [9.17, 15) is 18.3 Å². The molecule has 0 unspecified atom stereocenters. The summed E-state index contributed by atoms with van der Waals surface area (Å²) in [5, 5.41) is 11.1. The molecule has 10 nitrogen and oxygen atoms in total. The molecule has 0 aliphatic carbocycles. The molecule has 11 heteroatoms. The fourth-order valence-corrected chi connectivity index (χ4v) is 5.79. The second-order valence-corrected chi connectivity index (χ2v) is 10.5. The highest BCUT2D eigenvalue weighted by Gasteiger charge is 2.57. The van der Waals surface area contributed by atoms with Gasteiger partial charge in [-0.05, 0) is 43.7 Å². The number of carbonyl (C=O) groups is 1. The third-order valence-electron chi connectivity index (χ3n) is 5.74. The van der Waals surface area contributed by atoms with E-state index in [0.29, 0.717) is 5.75 Å². The van der Waals surface area contributed by atoms with Crippen LogP contribution in [0.15, 0.2) is 59.5 Å². The number of carbonyl (C=O) groups excluding carboxylic acids is 1. The van der Waals surface area contributed by atoms with Crippen LogP contribution in [0.2, 0.25) is 0 Å². The zero-order valence-corrected chi connectivity index (χ0v) is 19.9. The number of fused-ring (bicyclic) bond motifs is 1. The van der Waals surface area contributed by atoms with E-state index in [1.165, 1.54) is 31.4 Å². The maximum Gasteiger partial charge on any atom is 0.264 e. The highest BCUT2D eigenvalue weighted by molar-refractivity contribution is 7.89. The van der Waals surface area contributed by atoms with Gasteiger partial charge in [-0.25, -0.2) is 13.9 Å². The van der Waals surface area contributed by atoms with E-state index in [1.54, 1.807) is 13.8 Å². The molecule has 2 aromatic carbocycles. The molecular formula is C23H28N2O8S. The molecule has 0 bridgehead atoms. The van der Waals surface area contributed by atoms with Gasteiger partial charge in [-0.1, -0.05) is 30.3 Å². The van der Waals surface area contributed by atoms with E-state index in [0.717, 1.165) is 9.87 Å². The van der Waals surface area contributed by atoms with Crippen molar-refractivity contribution in [2.45, 2.75) is 55.5 Å². The van der Waals surface area contributed by atoms with Gasteiger partial charge in [0.25, 0.3) is 5.91 Å². The number of methoxy groups -OCH3 is 1. The summed E-state index contributed by atoms with van der Waals surface area (Å²) in [4.78, 5) is 18.4. The average Bonchev–Trinajstić information content (AvgIpc) is 3.14. The van der Waals surface area contributed by atoms with E-state index in [1.807, 2.05) is 30.3 Å². The van der Waals surface area contributed by atoms with Crippen LogP contribution in [-0.4, -0.2) is 67.5 Å². The lowest BCUT2D eigenvalue weighted by Gasteiger charge is -2.41. The predicted octanol–water partition coefficient (Wildman–Crippen LogP) is 1.20. The number of benzene rings is 2. The SMILES string of the molecule is COc1ccc(S(=O)(=O)N2C[C@@H]3OC(C)(C)O[C@H]3[C@@H](O)[C@@H]2C(=O)NOCc2ccccc2)cc1. The van der Waals surface area contributed by atoms with Crippen molar-refractivity contribution in [3.05, 3.63) is 60.2 Å². The van der Waals surface area contributed by atoms with Crippen LogP contribution in [0.4, 0.5) is 0 Å². The van der Waals surface area contributed by atoms with Gasteiger partial charge in [0.15, 0.2) is 5.79 Å². The standard InChI is InChI=1S/C23H28N2O8S/c1-23(2)32-18-13-25(34(28,29)17-11-9-16(30-3)10-12-17)19(20(26)21(18)33-23)22(27)24-31-14-15-7-5-4-6-8-15/h4-12,18-21,26H,13-14H2,1-3H3,(H,24,27)/t18-,19+,20-,21+/m0/s1. The quantitative estimate of drug-likeness (QED) is 0.553. The lowest BCUT2D eigenvalue weighted by molar-refractivity contribution is -0.160. The fourth-order valence-electron chi connectivity index (χ4n) is 4.18. The Morgan fingerprint density at radius 3 is 2.47 bits per heavy atom. The summed E-state index contributed by atoms with van der Waals surface area (Å²) >= 11 is 0. The number of aliphatic hydroxyl groups excluding tert-OH is 1. The van der Waals surface area contributed by atoms with Gasteiger partial charge in [-0.15, -0.1) is 0 Å². The Hall–Kier alpha value is -2.54. The van der Waals surface area contributed by atoms with Gasteiger partial charge >= 0.3 is 0 Å². The molecule has 2 N–H and O–H groups in total. The average molecular weight is 493 g/mol. The minimum Gasteiger partial charge on any atom is -0.497 e. The Morgan fingerprint density at radius 1 is 1.15 bits per heavy atom. The van der Waals surface area contributed by atoms with Crippen molar-refractivity contribution in [2.75, 3.05) is 13.7 Å². The van der Waals surface area contributed by atoms with E-state index in [-0.39, 0.29) is 18.0 Å². The molecule has 0 radical (unpaired) electrons. The Morgan fingerprint density at radius 2 is 1.82 bits per heavy atom. The first-order chi connectivity index (χ1) is 16.1. The molecule has 2 fully saturated rings. The number of ether oxygens (including phenoxy) is 3. The topological polar surface area (TPSA) is 124 Å². The minimum atomic E-state index is -4.20. The zero-order valence-electron chi connectivity index (χ0n) is 19.1. The molecule has 184 valence electrons. The van der Waals surface area contributed by atoms with Crippen molar-refractivity contribution >= 4 is 15.9 Å². The van der Waals surface area contributed by atoms with Crippen LogP contribution >= 0.6 is 0 Å². The highest BCUT2D eigenvalue weighted by Crippen LogP contribution is 2.37. The molecule has 2 aliphatic rings. The van der Waals surface area contributed by atoms with Crippen LogP contribution in [0.3, 0.4) is 0 Å². The third kappa shape index (κ3) is 4.95. The van der Waals surface area contributed by atoms with Gasteiger partial charge in [0.1, 0.15) is 30.1 Å². The summed E-state index contributed by atoms with van der Waals surface area (Å²) in [7, 11) is -2.73. The Balaban J connectivity index is 1.60. The number of nitrogens with zero attached hydrogens (tertiary/aromatic N) is 1. The number of hydrogen-bond donors (Lipinski definition) is 2. The van der Waals surface area contributed by atoms with Crippen molar-refractivity contribution in [1.82, 2.24) is 9.79 Å². The number of nitrogens with one attached hydrogen (secondary N) is 1. The Bertz CT molecular complexity index is 1110. The first-order valence-corrected chi connectivity index (χ1v) is 12.2. The predicted molar refractivity (Wildman–Crippen MR) is 120 cm³/mol. The van der Waals surface area contributed by atoms with Crippen molar-refractivity contribution in [3.8, 4) is 5.75 Å². The molecule has 0 spiro atoms. The van der Waals surface area contributed by atoms with Crippen LogP contribution in [0.1, 0.15) is 19.4 Å². The fraction of sp³-hybridized carbons (Fsp3) is 0.435. The van der Waals surface area contributed by atoms with Gasteiger partial charge in [0, 0.05) is 6.54 Å². The number of rotatable bonds is 7. The normalized spacial score (nSPS) is 26.6. The van der Waals surface area contributed by atoms with E-state index in [4.69, 9.17) is 19.0 Å². The van der Waals surface area contributed by atoms with Gasteiger partial charge < -0.3 is 19.3 Å². The molecule has 0 saturated carbocycles. The maximum absolute atomic E-state index is 13.5. The van der Waals surface area contributed by atoms with Crippen LogP contribution in [-0.2, 0) is 35.7 Å². The molecule has 34 heavy (non-hydrogen) atoms. The summed E-state index contributed by atoms with van der Waals surface area (Å²) < 4.78 is 44.7. The number of sulfonamides is 1. The third-order valence-corrected chi connectivity index (χ3v) is 7.60. The summed E-state index contributed by atoms with van der Waals surface area (Å²) in [5.74, 6) is -1.37. The van der Waals surface area contributed by atoms with Gasteiger partial charge in [-0.3, -0.25) is 9.63 Å². The number of piperidine rings is 1. The number of amides is 1. The van der Waals surface area contributed by atoms with Crippen LogP contribution in [0.25, 0.3) is 0 Å². The first-order valence-electron chi connectivity index (χ1n) is 10.8. The highest BCUT2D eigenvalue weighted by atomic mass is 32.2. The maximum atomic E-state index is 13.5. The number of hydroxylamine groups is 1. The zero-order chi connectivity index (χ0) is 24.5. The van der Waals surface area contributed by atoms with E-state index >= 15 is 0 Å². The minimum absolute atomic E-state index is 0.0554. The largest absolute Gasteiger partial charge is 0.497 e. The number of hydrogen-bond acceptors (Lipinski definition) is 8. The smallest absolute Gasteiger partial charge is 0.264 e. The van der Waals surface area contributed by atoms with Gasteiger partial charge in [-0.2, -0.15) is 4.31 Å². The van der Waals surface area contributed by atoms with Crippen molar-refractivity contribution in [2.24, 2.45) is 0 Å². The first kappa shape index (κ1) is 24.6. The molecule has 1 amide bonds. The van der Waals surface area contributed by atoms with Crippen molar-refractivity contribution in [1.29, 1.82) is 0 Å². The summed E-state index contributed by atoms with van der Waals surface area (Å²) in [6.07, 6.45) is -3.14. The molecule has 2 aromatic rings. The number of aliphatic hydroxyl groups is 1. The molecule has 2 heterocycles. The summed E-state index contributed by atoms with van der Waals surface area (Å²) in [5.41, 5.74) is 3.09. The summed E-state index contributed by atoms with van der Waals surface area (Å²) in [6, 6.07) is 13.4. The van der Waals surface area contributed by atoms with Crippen molar-refractivity contribution < 1.29 is 37.4 Å². The Labute approximate surface area is 198 Å². The van der Waals surface area contributed by atoms with Crippen LogP contribution in [0.5, 0.6) is 5.75 Å².